The van der Waals surface area contributed by atoms with Gasteiger partial charge in [-0.2, -0.15) is 0 Å². The lowest BCUT2D eigenvalue weighted by molar-refractivity contribution is -0.134. The molecule has 3 rings (SSSR count). The zero-order chi connectivity index (χ0) is 12.5. The molecule has 3 fully saturated rings. The van der Waals surface area contributed by atoms with Crippen molar-refractivity contribution in [2.75, 3.05) is 46.3 Å². The molecule has 4 heteroatoms. The summed E-state index contributed by atoms with van der Waals surface area (Å²) >= 11 is 0. The average Bonchev–Trinajstić information content (AvgIpc) is 3.03. The number of hydrogen-bond donors (Lipinski definition) is 1. The Bertz CT molecular complexity index is 304. The quantitative estimate of drug-likeness (QED) is 0.785. The van der Waals surface area contributed by atoms with Gasteiger partial charge in [0.25, 0.3) is 0 Å². The summed E-state index contributed by atoms with van der Waals surface area (Å²) in [5, 5.41) is 3.36. The SMILES string of the molecule is CN(CCN1CCNCC1)C(=O)C1CC2CC2C1. The number of rotatable bonds is 4. The first-order valence-electron chi connectivity index (χ1n) is 7.42. The van der Waals surface area contributed by atoms with Crippen LogP contribution in [0.5, 0.6) is 0 Å². The fraction of sp³-hybridized carbons (Fsp3) is 0.929. The van der Waals surface area contributed by atoms with E-state index in [1.54, 1.807) is 0 Å². The van der Waals surface area contributed by atoms with E-state index in [2.05, 4.69) is 10.2 Å². The summed E-state index contributed by atoms with van der Waals surface area (Å²) in [4.78, 5) is 16.7. The van der Waals surface area contributed by atoms with Crippen molar-refractivity contribution in [1.82, 2.24) is 15.1 Å². The van der Waals surface area contributed by atoms with Gasteiger partial charge in [0.15, 0.2) is 0 Å². The molecule has 0 aromatic rings. The number of nitrogens with zero attached hydrogens (tertiary/aromatic N) is 2. The van der Waals surface area contributed by atoms with Gasteiger partial charge in [-0.05, 0) is 31.1 Å². The zero-order valence-corrected chi connectivity index (χ0v) is 11.4. The smallest absolute Gasteiger partial charge is 0.225 e. The predicted molar refractivity (Wildman–Crippen MR) is 71.3 cm³/mol. The van der Waals surface area contributed by atoms with Crippen LogP contribution in [-0.4, -0.2) is 62.0 Å². The van der Waals surface area contributed by atoms with Crippen molar-refractivity contribution in [3.8, 4) is 0 Å². The number of amides is 1. The topological polar surface area (TPSA) is 35.6 Å². The number of piperazine rings is 1. The van der Waals surface area contributed by atoms with Crippen LogP contribution in [0.1, 0.15) is 19.3 Å². The van der Waals surface area contributed by atoms with Gasteiger partial charge < -0.3 is 10.2 Å². The fourth-order valence-electron chi connectivity index (χ4n) is 3.56. The molecule has 0 spiro atoms. The Morgan fingerprint density at radius 1 is 1.22 bits per heavy atom. The fourth-order valence-corrected chi connectivity index (χ4v) is 3.56. The van der Waals surface area contributed by atoms with Gasteiger partial charge in [-0.25, -0.2) is 0 Å². The summed E-state index contributed by atoms with van der Waals surface area (Å²) in [6, 6.07) is 0. The Hall–Kier alpha value is -0.610. The summed E-state index contributed by atoms with van der Waals surface area (Å²) in [5.74, 6) is 2.56. The Labute approximate surface area is 110 Å². The lowest BCUT2D eigenvalue weighted by Gasteiger charge is -2.30. The third-order valence-electron chi connectivity index (χ3n) is 4.93. The third-order valence-corrected chi connectivity index (χ3v) is 4.93. The summed E-state index contributed by atoms with van der Waals surface area (Å²) in [7, 11) is 1.98. The molecule has 1 heterocycles. The Morgan fingerprint density at radius 2 is 1.89 bits per heavy atom. The number of nitrogens with one attached hydrogen (secondary N) is 1. The molecule has 4 nitrogen and oxygen atoms in total. The van der Waals surface area contributed by atoms with Gasteiger partial charge >= 0.3 is 0 Å². The van der Waals surface area contributed by atoms with Crippen LogP contribution >= 0.6 is 0 Å². The summed E-state index contributed by atoms with van der Waals surface area (Å²) < 4.78 is 0. The average molecular weight is 251 g/mol. The number of fused-ring (bicyclic) bond motifs is 1. The number of hydrogen-bond acceptors (Lipinski definition) is 3. The van der Waals surface area contributed by atoms with Crippen molar-refractivity contribution in [3.05, 3.63) is 0 Å². The van der Waals surface area contributed by atoms with Crippen LogP contribution in [-0.2, 0) is 4.79 Å². The minimum Gasteiger partial charge on any atom is -0.344 e. The molecule has 0 aromatic heterocycles. The molecule has 102 valence electrons. The van der Waals surface area contributed by atoms with Crippen LogP contribution < -0.4 is 5.32 Å². The first-order chi connectivity index (χ1) is 8.74. The van der Waals surface area contributed by atoms with Crippen LogP contribution in [0, 0.1) is 17.8 Å². The predicted octanol–water partition coefficient (Wildman–Crippen LogP) is 0.396. The number of likely N-dealkylation sites (N-methyl/N-ethyl adjacent to an activating group) is 1. The molecule has 1 saturated heterocycles. The molecule has 2 aliphatic carbocycles. The normalized spacial score (nSPS) is 35.3. The van der Waals surface area contributed by atoms with Crippen molar-refractivity contribution in [1.29, 1.82) is 0 Å². The van der Waals surface area contributed by atoms with Gasteiger partial charge in [0.05, 0.1) is 0 Å². The van der Waals surface area contributed by atoms with Gasteiger partial charge in [-0.15, -0.1) is 0 Å². The second-order valence-electron chi connectivity index (χ2n) is 6.28. The molecule has 1 N–H and O–H groups in total. The molecule has 2 saturated carbocycles. The molecule has 3 aliphatic rings. The molecular weight excluding hydrogens is 226 g/mol. The molecule has 0 bridgehead atoms. The van der Waals surface area contributed by atoms with E-state index in [1.165, 1.54) is 19.3 Å². The number of carbonyl (C=O) groups is 1. The molecule has 1 amide bonds. The summed E-state index contributed by atoms with van der Waals surface area (Å²) in [6.45, 7) is 6.34. The Kier molecular flexibility index (Phi) is 3.57. The van der Waals surface area contributed by atoms with Crippen LogP contribution in [0.3, 0.4) is 0 Å². The van der Waals surface area contributed by atoms with Crippen LogP contribution in [0.25, 0.3) is 0 Å². The maximum Gasteiger partial charge on any atom is 0.225 e. The molecule has 2 atom stereocenters. The van der Waals surface area contributed by atoms with Gasteiger partial charge in [-0.1, -0.05) is 0 Å². The van der Waals surface area contributed by atoms with Gasteiger partial charge in [0.2, 0.25) is 5.91 Å². The van der Waals surface area contributed by atoms with E-state index in [4.69, 9.17) is 0 Å². The van der Waals surface area contributed by atoms with Crippen LogP contribution in [0.4, 0.5) is 0 Å². The summed E-state index contributed by atoms with van der Waals surface area (Å²) in [5.41, 5.74) is 0. The first kappa shape index (κ1) is 12.4. The van der Waals surface area contributed by atoms with E-state index in [0.29, 0.717) is 11.8 Å². The number of carbonyl (C=O) groups excluding carboxylic acids is 1. The second-order valence-corrected chi connectivity index (χ2v) is 6.28. The summed E-state index contributed by atoms with van der Waals surface area (Å²) in [6.07, 6.45) is 3.73. The monoisotopic (exact) mass is 251 g/mol. The molecular formula is C14H25N3O. The highest BCUT2D eigenvalue weighted by Gasteiger charge is 2.48. The van der Waals surface area contributed by atoms with E-state index >= 15 is 0 Å². The van der Waals surface area contributed by atoms with Crippen LogP contribution in [0.2, 0.25) is 0 Å². The third kappa shape index (κ3) is 2.69. The maximum atomic E-state index is 12.3. The van der Waals surface area contributed by atoms with Gasteiger partial charge in [-0.3, -0.25) is 9.69 Å². The van der Waals surface area contributed by atoms with Crippen molar-refractivity contribution in [3.63, 3.8) is 0 Å². The van der Waals surface area contributed by atoms with E-state index in [1.807, 2.05) is 11.9 Å². The highest BCUT2D eigenvalue weighted by atomic mass is 16.2. The molecule has 0 aromatic carbocycles. The molecule has 2 unspecified atom stereocenters. The minimum absolute atomic E-state index is 0.349. The van der Waals surface area contributed by atoms with Crippen LogP contribution in [0.15, 0.2) is 0 Å². The van der Waals surface area contributed by atoms with E-state index in [9.17, 15) is 4.79 Å². The molecule has 0 radical (unpaired) electrons. The lowest BCUT2D eigenvalue weighted by Crippen LogP contribution is -2.47. The van der Waals surface area contributed by atoms with Crippen molar-refractivity contribution in [2.45, 2.75) is 19.3 Å². The van der Waals surface area contributed by atoms with Crippen molar-refractivity contribution >= 4 is 5.91 Å². The lowest BCUT2D eigenvalue weighted by atomic mass is 10.0. The molecule has 18 heavy (non-hydrogen) atoms. The largest absolute Gasteiger partial charge is 0.344 e. The Balaban J connectivity index is 1.40. The maximum absolute atomic E-state index is 12.3. The minimum atomic E-state index is 0.349. The highest BCUT2D eigenvalue weighted by Crippen LogP contribution is 2.54. The van der Waals surface area contributed by atoms with Crippen molar-refractivity contribution < 1.29 is 4.79 Å². The van der Waals surface area contributed by atoms with Gasteiger partial charge in [0, 0.05) is 52.2 Å². The Morgan fingerprint density at radius 3 is 2.56 bits per heavy atom. The molecule has 1 aliphatic heterocycles. The second kappa shape index (κ2) is 5.17. The zero-order valence-electron chi connectivity index (χ0n) is 11.4. The first-order valence-corrected chi connectivity index (χ1v) is 7.42. The standard InChI is InChI=1S/C14H25N3O/c1-16(6-7-17-4-2-15-3-5-17)14(18)13-9-11-8-12(11)10-13/h11-13,15H,2-10H2,1H3. The van der Waals surface area contributed by atoms with E-state index < -0.39 is 0 Å². The van der Waals surface area contributed by atoms with Gasteiger partial charge in [0.1, 0.15) is 0 Å². The highest BCUT2D eigenvalue weighted by molar-refractivity contribution is 5.79. The van der Waals surface area contributed by atoms with Crippen molar-refractivity contribution in [2.24, 2.45) is 17.8 Å². The van der Waals surface area contributed by atoms with E-state index in [-0.39, 0.29) is 0 Å². The van der Waals surface area contributed by atoms with E-state index in [0.717, 1.165) is 51.1 Å².